The van der Waals surface area contributed by atoms with Gasteiger partial charge < -0.3 is 21.2 Å². The molecule has 1 aromatic heterocycles. The smallest absolute Gasteiger partial charge is 0.250 e. The van der Waals surface area contributed by atoms with E-state index in [0.717, 1.165) is 5.76 Å². The second-order valence-electron chi connectivity index (χ2n) is 4.50. The summed E-state index contributed by atoms with van der Waals surface area (Å²) in [7, 11) is 0. The van der Waals surface area contributed by atoms with Gasteiger partial charge in [0.1, 0.15) is 5.76 Å². The fourth-order valence-electron chi connectivity index (χ4n) is 1.94. The fourth-order valence-corrected chi connectivity index (χ4v) is 1.94. The number of hydrogen-bond acceptors (Lipinski definition) is 4. The lowest BCUT2D eigenvalue weighted by Crippen LogP contribution is -2.21. The summed E-state index contributed by atoms with van der Waals surface area (Å²) < 4.78 is 5.29. The number of nitrogen functional groups attached to an aromatic ring is 1. The molecule has 2 aromatic rings. The summed E-state index contributed by atoms with van der Waals surface area (Å²) in [5, 5.41) is 3.23. The number of benzene rings is 1. The molecule has 1 amide bonds. The third kappa shape index (κ3) is 3.28. The standard InChI is InChI=1S/C14H17N3O2/c1-9(7-11-3-2-6-19-11)17-13-8-10(15)4-5-12(13)14(16)18/h2-6,8-9,17H,7,15H2,1H3,(H2,16,18). The Morgan fingerprint density at radius 3 is 2.84 bits per heavy atom. The molecule has 0 saturated carbocycles. The fraction of sp³-hybridized carbons (Fsp3) is 0.214. The molecule has 1 heterocycles. The van der Waals surface area contributed by atoms with Crippen LogP contribution in [0, 0.1) is 0 Å². The van der Waals surface area contributed by atoms with Gasteiger partial charge in [0.25, 0.3) is 5.91 Å². The van der Waals surface area contributed by atoms with Crippen molar-refractivity contribution in [3.63, 3.8) is 0 Å². The summed E-state index contributed by atoms with van der Waals surface area (Å²) in [6.07, 6.45) is 2.34. The molecule has 0 bridgehead atoms. The maximum absolute atomic E-state index is 11.4. The van der Waals surface area contributed by atoms with E-state index in [4.69, 9.17) is 15.9 Å². The minimum Gasteiger partial charge on any atom is -0.469 e. The second-order valence-corrected chi connectivity index (χ2v) is 4.50. The molecule has 0 saturated heterocycles. The number of anilines is 2. The van der Waals surface area contributed by atoms with Gasteiger partial charge in [0, 0.05) is 23.8 Å². The molecular weight excluding hydrogens is 242 g/mol. The molecule has 0 fully saturated rings. The van der Waals surface area contributed by atoms with Crippen LogP contribution in [0.1, 0.15) is 23.0 Å². The Bertz CT molecular complexity index is 564. The van der Waals surface area contributed by atoms with Crippen LogP contribution in [0.15, 0.2) is 41.0 Å². The first-order valence-corrected chi connectivity index (χ1v) is 6.04. The highest BCUT2D eigenvalue weighted by molar-refractivity contribution is 5.99. The molecule has 1 atom stereocenters. The van der Waals surface area contributed by atoms with Gasteiger partial charge in [0.05, 0.1) is 11.8 Å². The van der Waals surface area contributed by atoms with Crippen molar-refractivity contribution >= 4 is 17.3 Å². The van der Waals surface area contributed by atoms with Crippen molar-refractivity contribution in [2.24, 2.45) is 5.73 Å². The van der Waals surface area contributed by atoms with Crippen molar-refractivity contribution in [2.45, 2.75) is 19.4 Å². The molecule has 5 N–H and O–H groups in total. The van der Waals surface area contributed by atoms with Crippen LogP contribution < -0.4 is 16.8 Å². The van der Waals surface area contributed by atoms with Crippen molar-refractivity contribution in [3.8, 4) is 0 Å². The number of primary amides is 1. The summed E-state index contributed by atoms with van der Waals surface area (Å²) in [6, 6.07) is 8.83. The topological polar surface area (TPSA) is 94.3 Å². The van der Waals surface area contributed by atoms with Gasteiger partial charge in [-0.1, -0.05) is 0 Å². The van der Waals surface area contributed by atoms with Crippen molar-refractivity contribution in [2.75, 3.05) is 11.1 Å². The third-order valence-corrected chi connectivity index (χ3v) is 2.80. The van der Waals surface area contributed by atoms with Crippen LogP contribution in [-0.2, 0) is 6.42 Å². The van der Waals surface area contributed by atoms with Gasteiger partial charge in [-0.15, -0.1) is 0 Å². The lowest BCUT2D eigenvalue weighted by molar-refractivity contribution is 0.100. The normalized spacial score (nSPS) is 12.1. The zero-order chi connectivity index (χ0) is 13.8. The molecule has 0 radical (unpaired) electrons. The molecular formula is C14H17N3O2. The maximum atomic E-state index is 11.4. The molecule has 2 rings (SSSR count). The molecule has 100 valence electrons. The lowest BCUT2D eigenvalue weighted by atomic mass is 10.1. The quantitative estimate of drug-likeness (QED) is 0.716. The molecule has 0 aliphatic heterocycles. The van der Waals surface area contributed by atoms with Crippen molar-refractivity contribution < 1.29 is 9.21 Å². The minimum absolute atomic E-state index is 0.0889. The zero-order valence-electron chi connectivity index (χ0n) is 10.7. The van der Waals surface area contributed by atoms with Crippen LogP contribution >= 0.6 is 0 Å². The van der Waals surface area contributed by atoms with E-state index in [-0.39, 0.29) is 6.04 Å². The lowest BCUT2D eigenvalue weighted by Gasteiger charge is -2.16. The second kappa shape index (κ2) is 5.48. The maximum Gasteiger partial charge on any atom is 0.250 e. The molecule has 5 heteroatoms. The number of amides is 1. The van der Waals surface area contributed by atoms with Gasteiger partial charge in [-0.05, 0) is 37.3 Å². The number of carbonyl (C=O) groups excluding carboxylic acids is 1. The number of nitrogens with two attached hydrogens (primary N) is 2. The molecule has 5 nitrogen and oxygen atoms in total. The number of rotatable bonds is 5. The summed E-state index contributed by atoms with van der Waals surface area (Å²) in [4.78, 5) is 11.4. The van der Waals surface area contributed by atoms with Crippen LogP contribution in [0.5, 0.6) is 0 Å². The Labute approximate surface area is 111 Å². The van der Waals surface area contributed by atoms with E-state index in [2.05, 4.69) is 5.32 Å². The molecule has 1 aromatic carbocycles. The Balaban J connectivity index is 2.13. The van der Waals surface area contributed by atoms with Gasteiger partial charge in [-0.3, -0.25) is 4.79 Å². The van der Waals surface area contributed by atoms with Crippen molar-refractivity contribution in [1.82, 2.24) is 0 Å². The van der Waals surface area contributed by atoms with Crippen molar-refractivity contribution in [1.29, 1.82) is 0 Å². The van der Waals surface area contributed by atoms with Crippen LogP contribution in [-0.4, -0.2) is 11.9 Å². The average Bonchev–Trinajstić information content (AvgIpc) is 2.81. The molecule has 0 aliphatic rings. The van der Waals surface area contributed by atoms with E-state index >= 15 is 0 Å². The van der Waals surface area contributed by atoms with Crippen LogP contribution in [0.25, 0.3) is 0 Å². The molecule has 19 heavy (non-hydrogen) atoms. The van der Waals surface area contributed by atoms with E-state index in [0.29, 0.717) is 23.4 Å². The highest BCUT2D eigenvalue weighted by Gasteiger charge is 2.12. The Morgan fingerprint density at radius 2 is 2.21 bits per heavy atom. The first-order chi connectivity index (χ1) is 9.06. The predicted octanol–water partition coefficient (Wildman–Crippen LogP) is 2.00. The highest BCUT2D eigenvalue weighted by atomic mass is 16.3. The molecule has 0 aliphatic carbocycles. The summed E-state index contributed by atoms with van der Waals surface area (Å²) in [5.41, 5.74) is 12.7. The molecule has 0 spiro atoms. The van der Waals surface area contributed by atoms with Crippen LogP contribution in [0.2, 0.25) is 0 Å². The van der Waals surface area contributed by atoms with E-state index in [9.17, 15) is 4.79 Å². The van der Waals surface area contributed by atoms with Crippen molar-refractivity contribution in [3.05, 3.63) is 47.9 Å². The largest absolute Gasteiger partial charge is 0.469 e. The van der Waals surface area contributed by atoms with Crippen LogP contribution in [0.3, 0.4) is 0 Å². The van der Waals surface area contributed by atoms with E-state index in [1.54, 1.807) is 24.5 Å². The SMILES string of the molecule is CC(Cc1ccco1)Nc1cc(N)ccc1C(N)=O. The Hall–Kier alpha value is -2.43. The minimum atomic E-state index is -0.479. The van der Waals surface area contributed by atoms with Gasteiger partial charge in [-0.2, -0.15) is 0 Å². The van der Waals surface area contributed by atoms with Gasteiger partial charge >= 0.3 is 0 Å². The van der Waals surface area contributed by atoms with Gasteiger partial charge in [-0.25, -0.2) is 0 Å². The Kier molecular flexibility index (Phi) is 3.75. The highest BCUT2D eigenvalue weighted by Crippen LogP contribution is 2.20. The molecule has 1 unspecified atom stereocenters. The first-order valence-electron chi connectivity index (χ1n) is 6.04. The zero-order valence-corrected chi connectivity index (χ0v) is 10.7. The van der Waals surface area contributed by atoms with E-state index < -0.39 is 5.91 Å². The number of carbonyl (C=O) groups is 1. The number of hydrogen-bond donors (Lipinski definition) is 3. The predicted molar refractivity (Wildman–Crippen MR) is 74.9 cm³/mol. The third-order valence-electron chi connectivity index (χ3n) is 2.80. The van der Waals surface area contributed by atoms with Gasteiger partial charge in [0.2, 0.25) is 0 Å². The Morgan fingerprint density at radius 1 is 1.42 bits per heavy atom. The summed E-state index contributed by atoms with van der Waals surface area (Å²) >= 11 is 0. The average molecular weight is 259 g/mol. The summed E-state index contributed by atoms with van der Waals surface area (Å²) in [5.74, 6) is 0.400. The number of nitrogens with one attached hydrogen (secondary N) is 1. The number of furan rings is 1. The van der Waals surface area contributed by atoms with E-state index in [1.165, 1.54) is 0 Å². The monoisotopic (exact) mass is 259 g/mol. The first kappa shape index (κ1) is 13.0. The van der Waals surface area contributed by atoms with E-state index in [1.807, 2.05) is 19.1 Å². The summed E-state index contributed by atoms with van der Waals surface area (Å²) in [6.45, 7) is 2.00. The van der Waals surface area contributed by atoms with Crippen LogP contribution in [0.4, 0.5) is 11.4 Å². The van der Waals surface area contributed by atoms with Gasteiger partial charge in [0.15, 0.2) is 0 Å².